The zero-order valence-electron chi connectivity index (χ0n) is 10.9. The minimum absolute atomic E-state index is 0.0910. The summed E-state index contributed by atoms with van der Waals surface area (Å²) in [6.07, 6.45) is 3.65. The second kappa shape index (κ2) is 6.01. The normalized spacial score (nSPS) is 23.6. The first-order valence-electron chi connectivity index (χ1n) is 6.60. The molecule has 0 unspecified atom stereocenters. The first-order valence-corrected chi connectivity index (χ1v) is 6.60. The molecular formula is C15H21NO2. The zero-order chi connectivity index (χ0) is 12.8. The number of piperidine rings is 1. The van der Waals surface area contributed by atoms with Gasteiger partial charge in [-0.1, -0.05) is 30.3 Å². The van der Waals surface area contributed by atoms with Crippen LogP contribution in [0.25, 0.3) is 0 Å². The number of esters is 1. The van der Waals surface area contributed by atoms with E-state index in [0.717, 1.165) is 32.4 Å². The van der Waals surface area contributed by atoms with Crippen LogP contribution in [0.1, 0.15) is 31.2 Å². The van der Waals surface area contributed by atoms with Crippen LogP contribution in [0.3, 0.4) is 0 Å². The number of carbonyl (C=O) groups is 1. The van der Waals surface area contributed by atoms with Crippen LogP contribution in [0.4, 0.5) is 0 Å². The summed E-state index contributed by atoms with van der Waals surface area (Å²) in [4.78, 5) is 11.4. The van der Waals surface area contributed by atoms with Crippen molar-refractivity contribution < 1.29 is 9.53 Å². The number of benzene rings is 1. The molecule has 1 atom stereocenters. The van der Waals surface area contributed by atoms with Crippen LogP contribution in [-0.2, 0) is 14.9 Å². The van der Waals surface area contributed by atoms with Crippen LogP contribution in [0.2, 0.25) is 0 Å². The van der Waals surface area contributed by atoms with Crippen molar-refractivity contribution in [1.82, 2.24) is 5.32 Å². The SMILES string of the molecule is COC(=O)CC[C@@]1(c2ccccc2)CCCNC1. The summed E-state index contributed by atoms with van der Waals surface area (Å²) < 4.78 is 4.76. The molecule has 0 amide bonds. The van der Waals surface area contributed by atoms with Gasteiger partial charge in [-0.2, -0.15) is 0 Å². The molecule has 1 saturated heterocycles. The van der Waals surface area contributed by atoms with Gasteiger partial charge in [0.05, 0.1) is 7.11 Å². The van der Waals surface area contributed by atoms with E-state index < -0.39 is 0 Å². The van der Waals surface area contributed by atoms with E-state index >= 15 is 0 Å². The third-order valence-electron chi connectivity index (χ3n) is 3.89. The summed E-state index contributed by atoms with van der Waals surface area (Å²) in [6, 6.07) is 10.5. The molecule has 98 valence electrons. The van der Waals surface area contributed by atoms with E-state index in [2.05, 4.69) is 29.6 Å². The molecule has 0 saturated carbocycles. The molecule has 18 heavy (non-hydrogen) atoms. The molecule has 3 heteroatoms. The fourth-order valence-electron chi connectivity index (χ4n) is 2.81. The Morgan fingerprint density at radius 2 is 2.17 bits per heavy atom. The molecular weight excluding hydrogens is 226 g/mol. The highest BCUT2D eigenvalue weighted by atomic mass is 16.5. The Morgan fingerprint density at radius 1 is 1.39 bits per heavy atom. The quantitative estimate of drug-likeness (QED) is 0.829. The topological polar surface area (TPSA) is 38.3 Å². The fraction of sp³-hybridized carbons (Fsp3) is 0.533. The van der Waals surface area contributed by atoms with E-state index in [1.165, 1.54) is 12.7 Å². The Kier molecular flexibility index (Phi) is 4.37. The molecule has 0 spiro atoms. The molecule has 0 bridgehead atoms. The lowest BCUT2D eigenvalue weighted by Crippen LogP contribution is -2.43. The molecule has 1 N–H and O–H groups in total. The van der Waals surface area contributed by atoms with Crippen LogP contribution in [-0.4, -0.2) is 26.2 Å². The number of nitrogens with one attached hydrogen (secondary N) is 1. The van der Waals surface area contributed by atoms with Crippen molar-refractivity contribution in [3.05, 3.63) is 35.9 Å². The standard InChI is InChI=1S/C15H21NO2/c1-18-14(17)8-10-15(9-5-11-16-12-15)13-6-3-2-4-7-13/h2-4,6-7,16H,5,8-12H2,1H3/t15-/m0/s1. The Balaban J connectivity index is 2.15. The Hall–Kier alpha value is -1.35. The monoisotopic (exact) mass is 247 g/mol. The van der Waals surface area contributed by atoms with E-state index in [9.17, 15) is 4.79 Å². The summed E-state index contributed by atoms with van der Waals surface area (Å²) in [7, 11) is 1.46. The third-order valence-corrected chi connectivity index (χ3v) is 3.89. The van der Waals surface area contributed by atoms with Crippen molar-refractivity contribution in [2.75, 3.05) is 20.2 Å². The largest absolute Gasteiger partial charge is 0.469 e. The predicted molar refractivity (Wildman–Crippen MR) is 71.5 cm³/mol. The number of carbonyl (C=O) groups excluding carboxylic acids is 1. The summed E-state index contributed by atoms with van der Waals surface area (Å²) >= 11 is 0. The van der Waals surface area contributed by atoms with Crippen molar-refractivity contribution in [3.8, 4) is 0 Å². The lowest BCUT2D eigenvalue weighted by Gasteiger charge is -2.38. The van der Waals surface area contributed by atoms with Crippen LogP contribution >= 0.6 is 0 Å². The maximum absolute atomic E-state index is 11.4. The van der Waals surface area contributed by atoms with E-state index in [4.69, 9.17) is 4.74 Å². The van der Waals surface area contributed by atoms with E-state index in [1.54, 1.807) is 0 Å². The van der Waals surface area contributed by atoms with Gasteiger partial charge in [0, 0.05) is 18.4 Å². The van der Waals surface area contributed by atoms with Crippen molar-refractivity contribution in [1.29, 1.82) is 0 Å². The van der Waals surface area contributed by atoms with Crippen LogP contribution in [0.5, 0.6) is 0 Å². The second-order valence-electron chi connectivity index (χ2n) is 5.00. The molecule has 1 heterocycles. The van der Waals surface area contributed by atoms with Gasteiger partial charge in [-0.25, -0.2) is 0 Å². The van der Waals surface area contributed by atoms with Gasteiger partial charge in [0.1, 0.15) is 0 Å². The fourth-order valence-corrected chi connectivity index (χ4v) is 2.81. The highest BCUT2D eigenvalue weighted by Crippen LogP contribution is 2.35. The summed E-state index contributed by atoms with van der Waals surface area (Å²) in [5, 5.41) is 3.46. The zero-order valence-corrected chi connectivity index (χ0v) is 10.9. The Labute approximate surface area is 109 Å². The maximum atomic E-state index is 11.4. The van der Waals surface area contributed by atoms with Crippen molar-refractivity contribution in [2.45, 2.75) is 31.1 Å². The summed E-state index contributed by atoms with van der Waals surface area (Å²) in [6.45, 7) is 2.03. The number of ether oxygens (including phenoxy) is 1. The Morgan fingerprint density at radius 3 is 2.78 bits per heavy atom. The van der Waals surface area contributed by atoms with Gasteiger partial charge < -0.3 is 10.1 Å². The summed E-state index contributed by atoms with van der Waals surface area (Å²) in [5.41, 5.74) is 1.43. The average molecular weight is 247 g/mol. The van der Waals surface area contributed by atoms with Gasteiger partial charge in [-0.3, -0.25) is 4.79 Å². The Bertz CT molecular complexity index is 383. The lowest BCUT2D eigenvalue weighted by atomic mass is 9.71. The molecule has 0 aliphatic carbocycles. The molecule has 2 rings (SSSR count). The minimum Gasteiger partial charge on any atom is -0.469 e. The minimum atomic E-state index is -0.115. The van der Waals surface area contributed by atoms with E-state index in [0.29, 0.717) is 6.42 Å². The van der Waals surface area contributed by atoms with Gasteiger partial charge in [-0.05, 0) is 31.4 Å². The number of methoxy groups -OCH3 is 1. The van der Waals surface area contributed by atoms with E-state index in [1.807, 2.05) is 6.07 Å². The molecule has 1 aromatic rings. The van der Waals surface area contributed by atoms with Crippen molar-refractivity contribution in [3.63, 3.8) is 0 Å². The molecule has 1 aliphatic rings. The highest BCUT2D eigenvalue weighted by molar-refractivity contribution is 5.69. The summed E-state index contributed by atoms with van der Waals surface area (Å²) in [5.74, 6) is -0.115. The molecule has 1 aromatic carbocycles. The maximum Gasteiger partial charge on any atom is 0.305 e. The van der Waals surface area contributed by atoms with Crippen LogP contribution in [0, 0.1) is 0 Å². The predicted octanol–water partition coefficient (Wildman–Crippen LogP) is 2.26. The highest BCUT2D eigenvalue weighted by Gasteiger charge is 2.34. The number of hydrogen-bond donors (Lipinski definition) is 1. The van der Waals surface area contributed by atoms with Crippen molar-refractivity contribution >= 4 is 5.97 Å². The molecule has 0 radical (unpaired) electrons. The number of hydrogen-bond acceptors (Lipinski definition) is 3. The van der Waals surface area contributed by atoms with E-state index in [-0.39, 0.29) is 11.4 Å². The molecule has 3 nitrogen and oxygen atoms in total. The lowest BCUT2D eigenvalue weighted by molar-refractivity contribution is -0.141. The van der Waals surface area contributed by atoms with Crippen LogP contribution < -0.4 is 5.32 Å². The van der Waals surface area contributed by atoms with Gasteiger partial charge in [0.25, 0.3) is 0 Å². The second-order valence-corrected chi connectivity index (χ2v) is 5.00. The number of rotatable bonds is 4. The molecule has 0 aromatic heterocycles. The third kappa shape index (κ3) is 2.91. The molecule has 1 fully saturated rings. The smallest absolute Gasteiger partial charge is 0.305 e. The first-order chi connectivity index (χ1) is 8.77. The van der Waals surface area contributed by atoms with Gasteiger partial charge in [0.2, 0.25) is 0 Å². The first kappa shape index (κ1) is 13.1. The van der Waals surface area contributed by atoms with Gasteiger partial charge in [-0.15, -0.1) is 0 Å². The molecule has 1 aliphatic heterocycles. The van der Waals surface area contributed by atoms with Gasteiger partial charge >= 0.3 is 5.97 Å². The average Bonchev–Trinajstić information content (AvgIpc) is 2.46. The van der Waals surface area contributed by atoms with Crippen molar-refractivity contribution in [2.24, 2.45) is 0 Å². The van der Waals surface area contributed by atoms with Gasteiger partial charge in [0.15, 0.2) is 0 Å². The van der Waals surface area contributed by atoms with Crippen LogP contribution in [0.15, 0.2) is 30.3 Å².